The Morgan fingerprint density at radius 1 is 1.26 bits per heavy atom. The summed E-state index contributed by atoms with van der Waals surface area (Å²) in [6.45, 7) is 10.8. The number of hydrogen-bond donors (Lipinski definition) is 2. The van der Waals surface area contributed by atoms with Crippen molar-refractivity contribution in [2.45, 2.75) is 39.9 Å². The maximum atomic E-state index is 9.98. The summed E-state index contributed by atoms with van der Waals surface area (Å²) in [5.41, 5.74) is 4.31. The smallest absolute Gasteiger partial charge is 0.162 e. The molecule has 1 aromatic carbocycles. The highest BCUT2D eigenvalue weighted by molar-refractivity contribution is 5.75. The highest BCUT2D eigenvalue weighted by Gasteiger charge is 2.25. The van der Waals surface area contributed by atoms with E-state index >= 15 is 0 Å². The third-order valence-electron chi connectivity index (χ3n) is 5.91. The summed E-state index contributed by atoms with van der Waals surface area (Å²) in [4.78, 5) is 12.2. The molecule has 0 amide bonds. The molecule has 3 aromatic rings. The van der Waals surface area contributed by atoms with Gasteiger partial charge in [0.05, 0.1) is 29.7 Å². The minimum Gasteiger partial charge on any atom is -0.491 e. The van der Waals surface area contributed by atoms with Crippen molar-refractivity contribution in [2.24, 2.45) is 0 Å². The van der Waals surface area contributed by atoms with Gasteiger partial charge in [0, 0.05) is 30.8 Å². The zero-order chi connectivity index (χ0) is 24.2. The number of hydrogen-bond acceptors (Lipinski definition) is 9. The molecule has 4 rings (SSSR count). The third kappa shape index (κ3) is 5.22. The average Bonchev–Trinajstić information content (AvgIpc) is 3.16. The van der Waals surface area contributed by atoms with Crippen molar-refractivity contribution in [3.63, 3.8) is 0 Å². The molecule has 0 saturated carbocycles. The lowest BCUT2D eigenvalue weighted by molar-refractivity contribution is 0.0529. The van der Waals surface area contributed by atoms with Crippen LogP contribution in [0, 0.1) is 20.8 Å². The maximum Gasteiger partial charge on any atom is 0.162 e. The van der Waals surface area contributed by atoms with Gasteiger partial charge in [0.25, 0.3) is 0 Å². The summed E-state index contributed by atoms with van der Waals surface area (Å²) in [6.07, 6.45) is -0.472. The summed E-state index contributed by atoms with van der Waals surface area (Å²) >= 11 is 0. The molecule has 0 aliphatic carbocycles. The summed E-state index contributed by atoms with van der Waals surface area (Å²) < 4.78 is 17.0. The van der Waals surface area contributed by atoms with Gasteiger partial charge >= 0.3 is 0 Å². The van der Waals surface area contributed by atoms with Crippen LogP contribution in [0.15, 0.2) is 28.8 Å². The Morgan fingerprint density at radius 2 is 2.09 bits per heavy atom. The lowest BCUT2D eigenvalue weighted by Gasteiger charge is -2.33. The Kier molecular flexibility index (Phi) is 7.45. The van der Waals surface area contributed by atoms with Crippen LogP contribution in [0.5, 0.6) is 5.75 Å². The van der Waals surface area contributed by atoms with E-state index in [0.29, 0.717) is 24.7 Å². The molecule has 1 fully saturated rings. The van der Waals surface area contributed by atoms with Gasteiger partial charge < -0.3 is 29.3 Å². The van der Waals surface area contributed by atoms with E-state index in [0.717, 1.165) is 52.7 Å². The molecule has 1 saturated heterocycles. The van der Waals surface area contributed by atoms with Gasteiger partial charge in [-0.25, -0.2) is 9.97 Å². The van der Waals surface area contributed by atoms with E-state index in [1.165, 1.54) is 0 Å². The Morgan fingerprint density at radius 3 is 2.79 bits per heavy atom. The number of nitrogens with one attached hydrogen (secondary N) is 1. The highest BCUT2D eigenvalue weighted by atomic mass is 16.5. The topological polar surface area (TPSA) is 106 Å². The average molecular weight is 468 g/mol. The van der Waals surface area contributed by atoms with E-state index in [9.17, 15) is 5.11 Å². The van der Waals surface area contributed by atoms with Crippen LogP contribution in [0.2, 0.25) is 0 Å². The first kappa shape index (κ1) is 24.1. The van der Waals surface area contributed by atoms with Crippen LogP contribution in [0.25, 0.3) is 22.6 Å². The number of morpholine rings is 1. The summed E-state index contributed by atoms with van der Waals surface area (Å²) in [7, 11) is 1.79. The van der Waals surface area contributed by atoms with Gasteiger partial charge in [-0.05, 0) is 46.9 Å². The van der Waals surface area contributed by atoms with E-state index in [1.807, 2.05) is 45.0 Å². The Balaban J connectivity index is 1.76. The number of anilines is 1. The molecule has 34 heavy (non-hydrogen) atoms. The van der Waals surface area contributed by atoms with Crippen molar-refractivity contribution in [3.8, 4) is 28.4 Å². The zero-order valence-electron chi connectivity index (χ0n) is 20.5. The number of rotatable bonds is 8. The number of nitrogens with zero attached hydrogens (tertiary/aromatic N) is 4. The minimum atomic E-state index is -0.592. The Labute approximate surface area is 200 Å². The summed E-state index contributed by atoms with van der Waals surface area (Å²) in [5.74, 6) is 2.85. The number of ether oxygens (including phenoxy) is 2. The van der Waals surface area contributed by atoms with Crippen molar-refractivity contribution >= 4 is 5.82 Å². The van der Waals surface area contributed by atoms with E-state index in [4.69, 9.17) is 24.0 Å². The van der Waals surface area contributed by atoms with Gasteiger partial charge in [-0.15, -0.1) is 0 Å². The molecule has 1 aliphatic rings. The molecular weight excluding hydrogens is 434 g/mol. The Hall–Kier alpha value is -3.01. The van der Waals surface area contributed by atoms with E-state index in [1.54, 1.807) is 7.05 Å². The fourth-order valence-corrected chi connectivity index (χ4v) is 4.23. The number of benzene rings is 1. The van der Waals surface area contributed by atoms with Crippen LogP contribution in [0.3, 0.4) is 0 Å². The van der Waals surface area contributed by atoms with Crippen LogP contribution in [-0.2, 0) is 4.74 Å². The molecule has 2 atom stereocenters. The fraction of sp³-hybridized carbons (Fsp3) is 0.480. The number of likely N-dealkylation sites (N-methyl/N-ethyl adjacent to an activating group) is 1. The van der Waals surface area contributed by atoms with Crippen LogP contribution in [0.4, 0.5) is 5.82 Å². The number of aliphatic hydroxyl groups excluding tert-OH is 1. The minimum absolute atomic E-state index is 0.120. The van der Waals surface area contributed by atoms with Gasteiger partial charge in [0.15, 0.2) is 5.82 Å². The number of aryl methyl sites for hydroxylation is 2. The van der Waals surface area contributed by atoms with Crippen molar-refractivity contribution < 1.29 is 19.1 Å². The Bertz CT molecular complexity index is 1110. The number of aliphatic hydroxyl groups is 1. The van der Waals surface area contributed by atoms with Crippen molar-refractivity contribution in [3.05, 3.63) is 41.3 Å². The molecule has 9 nitrogen and oxygen atoms in total. The van der Waals surface area contributed by atoms with Gasteiger partial charge in [0.2, 0.25) is 0 Å². The van der Waals surface area contributed by atoms with Crippen molar-refractivity contribution in [1.82, 2.24) is 20.4 Å². The molecule has 3 heterocycles. The standard InChI is InChI=1S/C25H33N5O4/c1-15-13-30(9-10-32-15)25-16(2)23(22-17(3)29-34-18(22)4)27-24(28-25)19-7-6-8-21(11-19)33-14-20(31)12-26-5/h6-8,11,15,20,26,31H,9-10,12-14H2,1-5H3/t15-,20?/m1/s1. The van der Waals surface area contributed by atoms with E-state index < -0.39 is 6.10 Å². The predicted octanol–water partition coefficient (Wildman–Crippen LogP) is 2.91. The fourth-order valence-electron chi connectivity index (χ4n) is 4.23. The molecule has 9 heteroatoms. The van der Waals surface area contributed by atoms with Crippen LogP contribution in [-0.4, -0.2) is 72.3 Å². The van der Waals surface area contributed by atoms with Gasteiger partial charge in [0.1, 0.15) is 30.0 Å². The van der Waals surface area contributed by atoms with E-state index in [-0.39, 0.29) is 12.7 Å². The van der Waals surface area contributed by atoms with Crippen LogP contribution >= 0.6 is 0 Å². The molecule has 2 aromatic heterocycles. The second-order valence-electron chi connectivity index (χ2n) is 8.72. The molecule has 1 unspecified atom stereocenters. The maximum absolute atomic E-state index is 9.98. The lowest BCUT2D eigenvalue weighted by Crippen LogP contribution is -2.42. The predicted molar refractivity (Wildman–Crippen MR) is 130 cm³/mol. The molecule has 0 bridgehead atoms. The largest absolute Gasteiger partial charge is 0.491 e. The summed E-state index contributed by atoms with van der Waals surface area (Å²) in [5, 5.41) is 17.1. The van der Waals surface area contributed by atoms with Gasteiger partial charge in [-0.2, -0.15) is 0 Å². The van der Waals surface area contributed by atoms with Crippen LogP contribution in [0.1, 0.15) is 23.9 Å². The first-order valence-corrected chi connectivity index (χ1v) is 11.6. The molecular formula is C25H33N5O4. The van der Waals surface area contributed by atoms with Crippen molar-refractivity contribution in [2.75, 3.05) is 44.8 Å². The SMILES string of the molecule is CNCC(O)COc1cccc(-c2nc(-c3c(C)noc3C)c(C)c(N3CCO[C@H](C)C3)n2)c1. The van der Waals surface area contributed by atoms with Gasteiger partial charge in [-0.1, -0.05) is 17.3 Å². The lowest BCUT2D eigenvalue weighted by atomic mass is 10.0. The van der Waals surface area contributed by atoms with E-state index in [2.05, 4.69) is 22.3 Å². The first-order valence-electron chi connectivity index (χ1n) is 11.6. The molecule has 182 valence electrons. The second-order valence-corrected chi connectivity index (χ2v) is 8.72. The quantitative estimate of drug-likeness (QED) is 0.517. The molecule has 1 aliphatic heterocycles. The normalized spacial score (nSPS) is 17.1. The summed E-state index contributed by atoms with van der Waals surface area (Å²) in [6, 6.07) is 7.64. The second kappa shape index (κ2) is 10.5. The van der Waals surface area contributed by atoms with Crippen molar-refractivity contribution in [1.29, 1.82) is 0 Å². The number of aromatic nitrogens is 3. The molecule has 0 radical (unpaired) electrons. The van der Waals surface area contributed by atoms with Crippen LogP contribution < -0.4 is 15.0 Å². The monoisotopic (exact) mass is 467 g/mol. The van der Waals surface area contributed by atoms with Gasteiger partial charge in [-0.3, -0.25) is 0 Å². The molecule has 0 spiro atoms. The third-order valence-corrected chi connectivity index (χ3v) is 5.91. The highest BCUT2D eigenvalue weighted by Crippen LogP contribution is 2.35. The molecule has 2 N–H and O–H groups in total. The zero-order valence-corrected chi connectivity index (χ0v) is 20.5. The first-order chi connectivity index (χ1) is 16.4.